The Balaban J connectivity index is 3.02. The number of aliphatic hydroxyl groups is 1. The van der Waals surface area contributed by atoms with Crippen LogP contribution in [0.5, 0.6) is 0 Å². The fourth-order valence-electron chi connectivity index (χ4n) is 5.47. The molecule has 0 unspecified atom stereocenters. The number of amides is 4. The minimum absolute atomic E-state index is 0.0293. The first-order valence-electron chi connectivity index (χ1n) is 18.4. The third kappa shape index (κ3) is 19.4. The van der Waals surface area contributed by atoms with Crippen molar-refractivity contribution in [3.8, 4) is 0 Å². The van der Waals surface area contributed by atoms with E-state index in [-0.39, 0.29) is 42.9 Å². The molecule has 1 aromatic rings. The minimum atomic E-state index is -3.50. The summed E-state index contributed by atoms with van der Waals surface area (Å²) in [5.74, 6) is -3.48. The molecule has 15 heteroatoms. The summed E-state index contributed by atoms with van der Waals surface area (Å²) >= 11 is 0. The number of hydrogen-bond donors (Lipinski definition) is 6. The van der Waals surface area contributed by atoms with Crippen molar-refractivity contribution < 1.29 is 42.2 Å². The number of alkyl carbamates (subject to hydrolysis) is 1. The summed E-state index contributed by atoms with van der Waals surface area (Å²) in [6.45, 7) is 17.7. The van der Waals surface area contributed by atoms with Gasteiger partial charge in [-0.05, 0) is 63.4 Å². The predicted molar refractivity (Wildman–Crippen MR) is 205 cm³/mol. The Kier molecular flexibility index (Phi) is 19.7. The molecule has 4 amide bonds. The van der Waals surface area contributed by atoms with Gasteiger partial charge in [-0.3, -0.25) is 19.2 Å². The molecule has 0 aliphatic heterocycles. The van der Waals surface area contributed by atoms with Gasteiger partial charge in [0.05, 0.1) is 24.4 Å². The second kappa shape index (κ2) is 22.0. The zero-order valence-electron chi connectivity index (χ0n) is 33.4. The van der Waals surface area contributed by atoms with E-state index in [1.807, 2.05) is 58.0 Å². The molecular formula is C38H65N5O9S. The highest BCUT2D eigenvalue weighted by Crippen LogP contribution is 2.17. The average molecular weight is 768 g/mol. The van der Waals surface area contributed by atoms with Crippen molar-refractivity contribution in [2.24, 2.45) is 23.7 Å². The van der Waals surface area contributed by atoms with Crippen LogP contribution < -0.4 is 26.6 Å². The van der Waals surface area contributed by atoms with Crippen molar-refractivity contribution in [2.45, 2.75) is 131 Å². The summed E-state index contributed by atoms with van der Waals surface area (Å²) in [6, 6.07) is 5.71. The van der Waals surface area contributed by atoms with Gasteiger partial charge < -0.3 is 36.4 Å². The smallest absolute Gasteiger partial charge is 0.408 e. The second-order valence-electron chi connectivity index (χ2n) is 16.1. The molecule has 0 saturated heterocycles. The molecule has 302 valence electrons. The summed E-state index contributed by atoms with van der Waals surface area (Å²) in [5.41, 5.74) is 0.114. The van der Waals surface area contributed by atoms with Crippen LogP contribution in [0.25, 0.3) is 0 Å². The van der Waals surface area contributed by atoms with E-state index in [1.165, 1.54) is 0 Å². The molecule has 14 nitrogen and oxygen atoms in total. The maximum atomic E-state index is 13.6. The Labute approximate surface area is 316 Å². The lowest BCUT2D eigenvalue weighted by molar-refractivity contribution is -0.132. The summed E-state index contributed by atoms with van der Waals surface area (Å²) in [7, 11) is -3.50. The van der Waals surface area contributed by atoms with E-state index in [2.05, 4.69) is 26.6 Å². The molecule has 0 bridgehead atoms. The third-order valence-electron chi connectivity index (χ3n) is 8.43. The van der Waals surface area contributed by atoms with Crippen LogP contribution in [0.15, 0.2) is 30.3 Å². The first kappa shape index (κ1) is 47.5. The van der Waals surface area contributed by atoms with Gasteiger partial charge >= 0.3 is 6.09 Å². The number of benzene rings is 1. The third-order valence-corrected chi connectivity index (χ3v) is 9.41. The SMILES string of the molecule is CC(C)C[C@H](NCC(=O)[C@@H](CCS(C)(=O)=O)NC(=O)[C@@H](NC(=O)OC(C)(C)C)C(C)C)[C@@H](O)C[C@@H](C)C(=O)N[C@@H](C(=O)NCc1ccccc1)C(C)C. The highest BCUT2D eigenvalue weighted by atomic mass is 32.2. The van der Waals surface area contributed by atoms with Crippen LogP contribution in [0.3, 0.4) is 0 Å². The van der Waals surface area contributed by atoms with Crippen molar-refractivity contribution in [3.05, 3.63) is 35.9 Å². The number of aliphatic hydroxyl groups excluding tert-OH is 1. The van der Waals surface area contributed by atoms with E-state index in [9.17, 15) is 37.5 Å². The number of carbonyl (C=O) groups excluding carboxylic acids is 5. The van der Waals surface area contributed by atoms with Gasteiger partial charge in [-0.25, -0.2) is 13.2 Å². The van der Waals surface area contributed by atoms with Crippen molar-refractivity contribution in [1.82, 2.24) is 26.6 Å². The number of carbonyl (C=O) groups is 5. The van der Waals surface area contributed by atoms with Crippen LogP contribution in [0.2, 0.25) is 0 Å². The lowest BCUT2D eigenvalue weighted by Gasteiger charge is -2.29. The van der Waals surface area contributed by atoms with Gasteiger partial charge in [0.25, 0.3) is 0 Å². The minimum Gasteiger partial charge on any atom is -0.444 e. The van der Waals surface area contributed by atoms with Gasteiger partial charge in [0, 0.05) is 24.8 Å². The summed E-state index contributed by atoms with van der Waals surface area (Å²) in [5, 5.41) is 25.2. The van der Waals surface area contributed by atoms with E-state index in [1.54, 1.807) is 41.5 Å². The first-order valence-corrected chi connectivity index (χ1v) is 20.5. The molecule has 0 saturated carbocycles. The lowest BCUT2D eigenvalue weighted by atomic mass is 9.91. The number of ether oxygens (including phenoxy) is 1. The Hall–Kier alpha value is -3.56. The Morgan fingerprint density at radius 1 is 0.792 bits per heavy atom. The van der Waals surface area contributed by atoms with Gasteiger partial charge in [0.2, 0.25) is 17.7 Å². The number of Topliss-reactive ketones (excluding diaryl/α,β-unsaturated/α-hetero) is 1. The fraction of sp³-hybridized carbons (Fsp3) is 0.711. The standard InChI is InChI=1S/C38H65N5O9S/c1-23(2)19-29(30(44)20-26(7)34(46)42-32(24(3)4)35(47)40-21-27-15-13-12-14-16-27)39-22-31(45)28(17-18-53(11,50)51)41-36(48)33(25(5)6)43-37(49)52-38(8,9)10/h12-16,23-26,28-30,32-33,39,44H,17-22H2,1-11H3,(H,40,47)(H,41,48)(H,42,46)(H,43,49)/t26-,28-,29+,30+,32-,33+/m1/s1. The number of nitrogens with one attached hydrogen (secondary N) is 5. The first-order chi connectivity index (χ1) is 24.4. The van der Waals surface area contributed by atoms with Gasteiger partial charge in [0.1, 0.15) is 27.5 Å². The fourth-order valence-corrected chi connectivity index (χ4v) is 6.14. The van der Waals surface area contributed by atoms with Gasteiger partial charge in [-0.1, -0.05) is 78.8 Å². The topological polar surface area (TPSA) is 209 Å². The Morgan fingerprint density at radius 3 is 1.87 bits per heavy atom. The quantitative estimate of drug-likeness (QED) is 0.102. The highest BCUT2D eigenvalue weighted by molar-refractivity contribution is 7.90. The zero-order valence-corrected chi connectivity index (χ0v) is 34.3. The maximum absolute atomic E-state index is 13.6. The van der Waals surface area contributed by atoms with E-state index < -0.39 is 81.2 Å². The molecule has 6 atom stereocenters. The van der Waals surface area contributed by atoms with Gasteiger partial charge in [0.15, 0.2) is 5.78 Å². The van der Waals surface area contributed by atoms with E-state index in [0.29, 0.717) is 13.0 Å². The van der Waals surface area contributed by atoms with Crippen LogP contribution in [-0.2, 0) is 40.3 Å². The Bertz CT molecular complexity index is 1450. The molecule has 53 heavy (non-hydrogen) atoms. The number of sulfone groups is 1. The molecule has 0 aromatic heterocycles. The van der Waals surface area contributed by atoms with Crippen LogP contribution in [0.1, 0.15) is 94.1 Å². The molecule has 0 heterocycles. The molecule has 0 aliphatic rings. The zero-order chi connectivity index (χ0) is 40.7. The average Bonchev–Trinajstić information content (AvgIpc) is 3.03. The van der Waals surface area contributed by atoms with Crippen molar-refractivity contribution >= 4 is 39.4 Å². The normalized spacial score (nSPS) is 15.5. The predicted octanol–water partition coefficient (Wildman–Crippen LogP) is 2.87. The number of rotatable bonds is 22. The van der Waals surface area contributed by atoms with Crippen LogP contribution in [0, 0.1) is 23.7 Å². The molecule has 0 fully saturated rings. The number of hydrogen-bond acceptors (Lipinski definition) is 10. The number of ketones is 1. The molecule has 6 N–H and O–H groups in total. The monoisotopic (exact) mass is 767 g/mol. The largest absolute Gasteiger partial charge is 0.444 e. The van der Waals surface area contributed by atoms with Crippen LogP contribution >= 0.6 is 0 Å². The van der Waals surface area contributed by atoms with Crippen molar-refractivity contribution in [2.75, 3.05) is 18.6 Å². The summed E-state index contributed by atoms with van der Waals surface area (Å²) in [4.78, 5) is 65.7. The van der Waals surface area contributed by atoms with Crippen LogP contribution in [-0.4, -0.2) is 97.5 Å². The summed E-state index contributed by atoms with van der Waals surface area (Å²) < 4.78 is 29.3. The molecular weight excluding hydrogens is 703 g/mol. The molecule has 0 radical (unpaired) electrons. The highest BCUT2D eigenvalue weighted by Gasteiger charge is 2.33. The molecule has 0 aliphatic carbocycles. The van der Waals surface area contributed by atoms with E-state index in [0.717, 1.165) is 11.8 Å². The summed E-state index contributed by atoms with van der Waals surface area (Å²) in [6.07, 6.45) is -0.583. The molecule has 1 aromatic carbocycles. The van der Waals surface area contributed by atoms with Gasteiger partial charge in [-0.2, -0.15) is 0 Å². The van der Waals surface area contributed by atoms with Crippen LogP contribution in [0.4, 0.5) is 4.79 Å². The van der Waals surface area contributed by atoms with E-state index in [4.69, 9.17) is 4.74 Å². The van der Waals surface area contributed by atoms with Crippen molar-refractivity contribution in [3.63, 3.8) is 0 Å². The van der Waals surface area contributed by atoms with Gasteiger partial charge in [-0.15, -0.1) is 0 Å². The maximum Gasteiger partial charge on any atom is 0.408 e. The van der Waals surface area contributed by atoms with E-state index >= 15 is 0 Å². The van der Waals surface area contributed by atoms with Crippen molar-refractivity contribution in [1.29, 1.82) is 0 Å². The Morgan fingerprint density at radius 2 is 1.36 bits per heavy atom. The lowest BCUT2D eigenvalue weighted by Crippen LogP contribution is -2.56. The second-order valence-corrected chi connectivity index (χ2v) is 18.3. The molecule has 0 spiro atoms. The molecule has 1 rings (SSSR count).